The van der Waals surface area contributed by atoms with Crippen LogP contribution < -0.4 is 0 Å². The smallest absolute Gasteiger partial charge is 0.0971 e. The van der Waals surface area contributed by atoms with Gasteiger partial charge in [0.15, 0.2) is 0 Å². The van der Waals surface area contributed by atoms with E-state index in [0.29, 0.717) is 5.25 Å². The van der Waals surface area contributed by atoms with Gasteiger partial charge in [0.25, 0.3) is 0 Å². The van der Waals surface area contributed by atoms with Crippen molar-refractivity contribution in [2.24, 2.45) is 0 Å². The standard InChI is InChI=1S/C15H21NO2S/c1-17-13-9-16(10-14(13)18-2)8-12-7-11-5-3-4-6-15(11)19-12/h3-6,12-14H,7-10H2,1-2H3. The summed E-state index contributed by atoms with van der Waals surface area (Å²) in [6.45, 7) is 3.10. The lowest BCUT2D eigenvalue weighted by atomic mass is 10.1. The van der Waals surface area contributed by atoms with E-state index in [1.807, 2.05) is 11.8 Å². The van der Waals surface area contributed by atoms with Crippen molar-refractivity contribution in [1.29, 1.82) is 0 Å². The van der Waals surface area contributed by atoms with Gasteiger partial charge in [0.1, 0.15) is 0 Å². The Balaban J connectivity index is 1.57. The summed E-state index contributed by atoms with van der Waals surface area (Å²) in [4.78, 5) is 3.93. The molecule has 3 rings (SSSR count). The van der Waals surface area contributed by atoms with E-state index in [2.05, 4.69) is 29.2 Å². The summed E-state index contributed by atoms with van der Waals surface area (Å²) in [5, 5.41) is 0.672. The predicted octanol–water partition coefficient (Wildman–Crippen LogP) is 2.05. The number of thioether (sulfide) groups is 1. The van der Waals surface area contributed by atoms with Crippen molar-refractivity contribution in [2.45, 2.75) is 28.8 Å². The maximum atomic E-state index is 5.50. The minimum absolute atomic E-state index is 0.221. The van der Waals surface area contributed by atoms with E-state index in [9.17, 15) is 0 Å². The molecule has 2 aliphatic rings. The second-order valence-electron chi connectivity index (χ2n) is 5.32. The summed E-state index contributed by atoms with van der Waals surface area (Å²) in [5.74, 6) is 0. The molecule has 0 radical (unpaired) electrons. The Labute approximate surface area is 119 Å². The average Bonchev–Trinajstić information content (AvgIpc) is 3.01. The van der Waals surface area contributed by atoms with Crippen LogP contribution in [0.15, 0.2) is 29.2 Å². The molecule has 0 N–H and O–H groups in total. The van der Waals surface area contributed by atoms with E-state index < -0.39 is 0 Å². The molecule has 104 valence electrons. The second kappa shape index (κ2) is 5.83. The summed E-state index contributed by atoms with van der Waals surface area (Å²) in [5.41, 5.74) is 1.50. The maximum Gasteiger partial charge on any atom is 0.0971 e. The first kappa shape index (κ1) is 13.4. The molecule has 0 aromatic heterocycles. The molecule has 0 aliphatic carbocycles. The van der Waals surface area contributed by atoms with Gasteiger partial charge in [-0.15, -0.1) is 11.8 Å². The first-order valence-electron chi connectivity index (χ1n) is 6.82. The van der Waals surface area contributed by atoms with Crippen LogP contribution >= 0.6 is 11.8 Å². The number of rotatable bonds is 4. The molecule has 1 fully saturated rings. The van der Waals surface area contributed by atoms with Crippen molar-refractivity contribution in [3.8, 4) is 0 Å². The van der Waals surface area contributed by atoms with Crippen molar-refractivity contribution in [3.63, 3.8) is 0 Å². The Morgan fingerprint density at radius 2 is 1.84 bits per heavy atom. The molecule has 1 aromatic rings. The normalized spacial score (nSPS) is 30.7. The highest BCUT2D eigenvalue weighted by Crippen LogP contribution is 2.37. The van der Waals surface area contributed by atoms with Crippen molar-refractivity contribution < 1.29 is 9.47 Å². The van der Waals surface area contributed by atoms with Crippen LogP contribution in [0, 0.1) is 0 Å². The van der Waals surface area contributed by atoms with Crippen LogP contribution in [0.25, 0.3) is 0 Å². The van der Waals surface area contributed by atoms with Gasteiger partial charge in [-0.1, -0.05) is 18.2 Å². The second-order valence-corrected chi connectivity index (χ2v) is 6.66. The van der Waals surface area contributed by atoms with Gasteiger partial charge in [0, 0.05) is 44.0 Å². The minimum atomic E-state index is 0.221. The molecule has 2 aliphatic heterocycles. The molecular formula is C15H21NO2S. The Morgan fingerprint density at radius 1 is 1.16 bits per heavy atom. The van der Waals surface area contributed by atoms with E-state index >= 15 is 0 Å². The first-order valence-corrected chi connectivity index (χ1v) is 7.70. The third kappa shape index (κ3) is 2.82. The maximum absolute atomic E-state index is 5.50. The molecule has 3 unspecified atom stereocenters. The zero-order valence-electron chi connectivity index (χ0n) is 11.5. The Bertz CT molecular complexity index is 403. The third-order valence-electron chi connectivity index (χ3n) is 4.07. The van der Waals surface area contributed by atoms with E-state index in [1.165, 1.54) is 16.9 Å². The van der Waals surface area contributed by atoms with Gasteiger partial charge in [0.05, 0.1) is 12.2 Å². The molecule has 19 heavy (non-hydrogen) atoms. The number of hydrogen-bond donors (Lipinski definition) is 0. The van der Waals surface area contributed by atoms with Crippen LogP contribution in [0.1, 0.15) is 5.56 Å². The number of fused-ring (bicyclic) bond motifs is 1. The molecule has 1 saturated heterocycles. The van der Waals surface area contributed by atoms with Gasteiger partial charge in [-0.2, -0.15) is 0 Å². The summed E-state index contributed by atoms with van der Waals surface area (Å²) in [6, 6.07) is 8.76. The lowest BCUT2D eigenvalue weighted by molar-refractivity contribution is -0.00461. The van der Waals surface area contributed by atoms with Gasteiger partial charge < -0.3 is 9.47 Å². The molecule has 0 amide bonds. The monoisotopic (exact) mass is 279 g/mol. The highest BCUT2D eigenvalue weighted by Gasteiger charge is 2.35. The first-order chi connectivity index (χ1) is 9.30. The molecule has 3 nitrogen and oxygen atoms in total. The third-order valence-corrected chi connectivity index (χ3v) is 5.37. The van der Waals surface area contributed by atoms with E-state index in [1.54, 1.807) is 14.2 Å². The number of likely N-dealkylation sites (tertiary alicyclic amines) is 1. The Kier molecular flexibility index (Phi) is 4.12. The van der Waals surface area contributed by atoms with Crippen molar-refractivity contribution in [1.82, 2.24) is 4.90 Å². The molecule has 2 heterocycles. The predicted molar refractivity (Wildman–Crippen MR) is 77.8 cm³/mol. The fourth-order valence-electron chi connectivity index (χ4n) is 3.06. The van der Waals surface area contributed by atoms with E-state index in [-0.39, 0.29) is 12.2 Å². The largest absolute Gasteiger partial charge is 0.377 e. The highest BCUT2D eigenvalue weighted by molar-refractivity contribution is 8.00. The number of methoxy groups -OCH3 is 2. The van der Waals surface area contributed by atoms with Gasteiger partial charge in [-0.25, -0.2) is 0 Å². The summed E-state index contributed by atoms with van der Waals surface area (Å²) in [7, 11) is 3.56. The van der Waals surface area contributed by atoms with Crippen LogP contribution in [0.5, 0.6) is 0 Å². The van der Waals surface area contributed by atoms with Gasteiger partial charge in [-0.3, -0.25) is 4.90 Å². The van der Waals surface area contributed by atoms with Crippen molar-refractivity contribution >= 4 is 11.8 Å². The summed E-state index contributed by atoms with van der Waals surface area (Å²) < 4.78 is 11.0. The lowest BCUT2D eigenvalue weighted by Crippen LogP contribution is -2.30. The topological polar surface area (TPSA) is 21.7 Å². The van der Waals surface area contributed by atoms with Gasteiger partial charge in [0.2, 0.25) is 0 Å². The van der Waals surface area contributed by atoms with Crippen LogP contribution in [0.2, 0.25) is 0 Å². The summed E-state index contributed by atoms with van der Waals surface area (Å²) >= 11 is 2.02. The van der Waals surface area contributed by atoms with Crippen LogP contribution in [-0.2, 0) is 15.9 Å². The Morgan fingerprint density at radius 3 is 2.47 bits per heavy atom. The molecule has 3 atom stereocenters. The molecule has 1 aromatic carbocycles. The fourth-order valence-corrected chi connectivity index (χ4v) is 4.43. The highest BCUT2D eigenvalue weighted by atomic mass is 32.2. The Hall–Kier alpha value is -0.550. The van der Waals surface area contributed by atoms with Crippen LogP contribution in [0.3, 0.4) is 0 Å². The SMILES string of the molecule is COC1CN(CC2Cc3ccccc3S2)CC1OC. The summed E-state index contributed by atoms with van der Waals surface area (Å²) in [6.07, 6.45) is 1.63. The molecule has 0 saturated carbocycles. The van der Waals surface area contributed by atoms with Gasteiger partial charge >= 0.3 is 0 Å². The average molecular weight is 279 g/mol. The van der Waals surface area contributed by atoms with E-state index in [4.69, 9.17) is 9.47 Å². The molecule has 0 spiro atoms. The molecule has 4 heteroatoms. The van der Waals surface area contributed by atoms with Gasteiger partial charge in [-0.05, 0) is 18.1 Å². The number of nitrogens with zero attached hydrogens (tertiary/aromatic N) is 1. The van der Waals surface area contributed by atoms with Crippen molar-refractivity contribution in [2.75, 3.05) is 33.9 Å². The zero-order valence-corrected chi connectivity index (χ0v) is 12.4. The van der Waals surface area contributed by atoms with Crippen LogP contribution in [0.4, 0.5) is 0 Å². The van der Waals surface area contributed by atoms with Crippen LogP contribution in [-0.4, -0.2) is 56.2 Å². The quantitative estimate of drug-likeness (QED) is 0.841. The van der Waals surface area contributed by atoms with E-state index in [0.717, 1.165) is 19.6 Å². The minimum Gasteiger partial charge on any atom is -0.377 e. The lowest BCUT2D eigenvalue weighted by Gasteiger charge is -2.19. The molecular weight excluding hydrogens is 258 g/mol. The number of hydrogen-bond acceptors (Lipinski definition) is 4. The number of ether oxygens (including phenoxy) is 2. The zero-order chi connectivity index (χ0) is 13.2. The fraction of sp³-hybridized carbons (Fsp3) is 0.600. The molecule has 0 bridgehead atoms. The number of benzene rings is 1. The van der Waals surface area contributed by atoms with Crippen molar-refractivity contribution in [3.05, 3.63) is 29.8 Å².